The molecule has 8 heteroatoms. The Morgan fingerprint density at radius 1 is 0.824 bits per heavy atom. The smallest absolute Gasteiger partial charge is 0.319 e. The van der Waals surface area contributed by atoms with E-state index in [1.165, 1.54) is 43.9 Å². The van der Waals surface area contributed by atoms with Gasteiger partial charge in [-0.15, -0.1) is 11.8 Å². The molecular weight excluding hydrogens is 448 g/mol. The quantitative estimate of drug-likeness (QED) is 0.379. The van der Waals surface area contributed by atoms with Crippen LogP contribution in [0, 0.1) is 5.92 Å². The first kappa shape index (κ1) is 24.1. The summed E-state index contributed by atoms with van der Waals surface area (Å²) in [4.78, 5) is 37.9. The van der Waals surface area contributed by atoms with E-state index in [9.17, 15) is 14.4 Å². The SMILES string of the molecule is O=C(CSc1ccccc1C(=O)Nc1ccc(NC(=O)NC2CC2)cc1)NCC1CCCCC1. The predicted octanol–water partition coefficient (Wildman–Crippen LogP) is 5.01. The van der Waals surface area contributed by atoms with Crippen molar-refractivity contribution in [3.63, 3.8) is 0 Å². The van der Waals surface area contributed by atoms with E-state index < -0.39 is 0 Å². The first-order valence-electron chi connectivity index (χ1n) is 12.0. The number of amides is 4. The molecule has 2 aliphatic rings. The number of hydrogen-bond acceptors (Lipinski definition) is 4. The molecule has 0 bridgehead atoms. The van der Waals surface area contributed by atoms with Crippen molar-refractivity contribution >= 4 is 41.0 Å². The molecule has 2 aromatic rings. The maximum Gasteiger partial charge on any atom is 0.319 e. The molecule has 0 spiro atoms. The summed E-state index contributed by atoms with van der Waals surface area (Å²) in [6.07, 6.45) is 8.27. The Labute approximate surface area is 204 Å². The van der Waals surface area contributed by atoms with E-state index in [-0.39, 0.29) is 23.6 Å². The molecule has 0 saturated heterocycles. The van der Waals surface area contributed by atoms with Gasteiger partial charge in [-0.05, 0) is 68.0 Å². The normalized spacial score (nSPS) is 15.9. The molecule has 0 atom stereocenters. The first-order valence-corrected chi connectivity index (χ1v) is 13.0. The summed E-state index contributed by atoms with van der Waals surface area (Å²) in [5.74, 6) is 0.632. The summed E-state index contributed by atoms with van der Waals surface area (Å²) in [5.41, 5.74) is 1.81. The number of hydrogen-bond donors (Lipinski definition) is 4. The Balaban J connectivity index is 1.26. The average molecular weight is 481 g/mol. The minimum absolute atomic E-state index is 0.000374. The summed E-state index contributed by atoms with van der Waals surface area (Å²) < 4.78 is 0. The van der Waals surface area contributed by atoms with Crippen molar-refractivity contribution in [1.82, 2.24) is 10.6 Å². The highest BCUT2D eigenvalue weighted by atomic mass is 32.2. The van der Waals surface area contributed by atoms with Crippen LogP contribution in [0.2, 0.25) is 0 Å². The molecule has 2 aromatic carbocycles. The highest BCUT2D eigenvalue weighted by molar-refractivity contribution is 8.00. The second-order valence-electron chi connectivity index (χ2n) is 9.00. The lowest BCUT2D eigenvalue weighted by Crippen LogP contribution is -2.31. The fourth-order valence-corrected chi connectivity index (χ4v) is 4.92. The van der Waals surface area contributed by atoms with E-state index >= 15 is 0 Å². The third-order valence-corrected chi connectivity index (χ3v) is 7.19. The van der Waals surface area contributed by atoms with Crippen LogP contribution < -0.4 is 21.3 Å². The van der Waals surface area contributed by atoms with E-state index in [1.54, 1.807) is 30.3 Å². The number of rotatable bonds is 9. The molecule has 34 heavy (non-hydrogen) atoms. The molecule has 0 radical (unpaired) electrons. The topological polar surface area (TPSA) is 99.3 Å². The van der Waals surface area contributed by atoms with Gasteiger partial charge >= 0.3 is 6.03 Å². The van der Waals surface area contributed by atoms with Gasteiger partial charge in [-0.3, -0.25) is 9.59 Å². The third kappa shape index (κ3) is 7.52. The van der Waals surface area contributed by atoms with Gasteiger partial charge < -0.3 is 21.3 Å². The van der Waals surface area contributed by atoms with E-state index in [1.807, 2.05) is 18.2 Å². The van der Waals surface area contributed by atoms with E-state index in [0.717, 1.165) is 24.3 Å². The van der Waals surface area contributed by atoms with Crippen molar-refractivity contribution in [1.29, 1.82) is 0 Å². The lowest BCUT2D eigenvalue weighted by molar-refractivity contribution is -0.118. The molecule has 4 rings (SSSR count). The minimum atomic E-state index is -0.238. The molecule has 2 saturated carbocycles. The van der Waals surface area contributed by atoms with Gasteiger partial charge in [-0.1, -0.05) is 31.4 Å². The molecule has 0 aliphatic heterocycles. The number of urea groups is 1. The van der Waals surface area contributed by atoms with E-state index in [4.69, 9.17) is 0 Å². The summed E-state index contributed by atoms with van der Waals surface area (Å²) in [6.45, 7) is 0.745. The number of nitrogens with one attached hydrogen (secondary N) is 4. The molecule has 0 unspecified atom stereocenters. The van der Waals surface area contributed by atoms with Crippen LogP contribution in [0.4, 0.5) is 16.2 Å². The second-order valence-corrected chi connectivity index (χ2v) is 10.0. The number of carbonyl (C=O) groups excluding carboxylic acids is 3. The Kier molecular flexibility index (Phi) is 8.46. The van der Waals surface area contributed by atoms with Crippen LogP contribution in [-0.2, 0) is 4.79 Å². The maximum absolute atomic E-state index is 12.9. The van der Waals surface area contributed by atoms with Gasteiger partial charge in [0.2, 0.25) is 5.91 Å². The van der Waals surface area contributed by atoms with Crippen molar-refractivity contribution < 1.29 is 14.4 Å². The van der Waals surface area contributed by atoms with Gasteiger partial charge in [0, 0.05) is 28.9 Å². The Morgan fingerprint density at radius 3 is 2.21 bits per heavy atom. The van der Waals surface area contributed by atoms with Crippen molar-refractivity contribution in [3.05, 3.63) is 54.1 Å². The zero-order valence-electron chi connectivity index (χ0n) is 19.3. The lowest BCUT2D eigenvalue weighted by Gasteiger charge is -2.21. The van der Waals surface area contributed by atoms with Crippen LogP contribution in [0.1, 0.15) is 55.3 Å². The molecule has 0 heterocycles. The summed E-state index contributed by atoms with van der Waals surface area (Å²) in [7, 11) is 0. The van der Waals surface area contributed by atoms with Crippen molar-refractivity contribution in [3.8, 4) is 0 Å². The zero-order chi connectivity index (χ0) is 23.8. The van der Waals surface area contributed by atoms with E-state index in [0.29, 0.717) is 28.9 Å². The van der Waals surface area contributed by atoms with Crippen LogP contribution in [0.15, 0.2) is 53.4 Å². The second kappa shape index (κ2) is 11.9. The zero-order valence-corrected chi connectivity index (χ0v) is 20.1. The Morgan fingerprint density at radius 2 is 1.50 bits per heavy atom. The maximum atomic E-state index is 12.9. The highest BCUT2D eigenvalue weighted by Crippen LogP contribution is 2.25. The third-order valence-electron chi connectivity index (χ3n) is 6.12. The van der Waals surface area contributed by atoms with Gasteiger partial charge in [-0.25, -0.2) is 4.79 Å². The largest absolute Gasteiger partial charge is 0.355 e. The fourth-order valence-electron chi connectivity index (χ4n) is 4.04. The predicted molar refractivity (Wildman–Crippen MR) is 136 cm³/mol. The first-order chi connectivity index (χ1) is 16.6. The van der Waals surface area contributed by atoms with Gasteiger partial charge in [0.05, 0.1) is 11.3 Å². The Hall–Kier alpha value is -3.00. The number of benzene rings is 2. The van der Waals surface area contributed by atoms with Crippen LogP contribution in [0.3, 0.4) is 0 Å². The molecule has 4 N–H and O–H groups in total. The van der Waals surface area contributed by atoms with Crippen molar-refractivity contribution in [2.45, 2.75) is 55.9 Å². The van der Waals surface area contributed by atoms with Crippen LogP contribution in [0.5, 0.6) is 0 Å². The highest BCUT2D eigenvalue weighted by Gasteiger charge is 2.23. The number of carbonyl (C=O) groups is 3. The van der Waals surface area contributed by atoms with Crippen molar-refractivity contribution in [2.24, 2.45) is 5.92 Å². The lowest BCUT2D eigenvalue weighted by atomic mass is 9.89. The fraction of sp³-hybridized carbons (Fsp3) is 0.423. The molecule has 0 aromatic heterocycles. The molecule has 4 amide bonds. The van der Waals surface area contributed by atoms with E-state index in [2.05, 4.69) is 21.3 Å². The molecule has 7 nitrogen and oxygen atoms in total. The van der Waals surface area contributed by atoms with Gasteiger partial charge in [0.25, 0.3) is 5.91 Å². The van der Waals surface area contributed by atoms with Gasteiger partial charge in [0.1, 0.15) is 0 Å². The summed E-state index contributed by atoms with van der Waals surface area (Å²) in [6, 6.07) is 14.4. The molecular formula is C26H32N4O3S. The van der Waals surface area contributed by atoms with Crippen LogP contribution in [-0.4, -0.2) is 36.2 Å². The monoisotopic (exact) mass is 480 g/mol. The molecule has 180 valence electrons. The van der Waals surface area contributed by atoms with Gasteiger partial charge in [-0.2, -0.15) is 0 Å². The number of thioether (sulfide) groups is 1. The number of anilines is 2. The van der Waals surface area contributed by atoms with Crippen LogP contribution in [0.25, 0.3) is 0 Å². The summed E-state index contributed by atoms with van der Waals surface area (Å²) >= 11 is 1.37. The molecule has 2 aliphatic carbocycles. The van der Waals surface area contributed by atoms with Crippen LogP contribution >= 0.6 is 11.8 Å². The minimum Gasteiger partial charge on any atom is -0.355 e. The molecule has 2 fully saturated rings. The van der Waals surface area contributed by atoms with Gasteiger partial charge in [0.15, 0.2) is 0 Å². The summed E-state index contributed by atoms with van der Waals surface area (Å²) in [5, 5.41) is 11.6. The average Bonchev–Trinajstić information content (AvgIpc) is 3.67. The standard InChI is InChI=1S/C26H32N4O3S/c31-24(27-16-18-6-2-1-3-7-18)17-34-23-9-5-4-8-22(23)25(32)28-19-10-12-20(13-11-19)29-26(33)30-21-14-15-21/h4-5,8-13,18,21H,1-3,6-7,14-17H2,(H,27,31)(H,28,32)(H2,29,30,33). The van der Waals surface area contributed by atoms with Crippen molar-refractivity contribution in [2.75, 3.05) is 22.9 Å². The Bertz CT molecular complexity index is 1000.